The van der Waals surface area contributed by atoms with Gasteiger partial charge in [0.05, 0.1) is 16.6 Å². The normalized spacial score (nSPS) is 12.3. The van der Waals surface area contributed by atoms with Crippen molar-refractivity contribution >= 4 is 17.0 Å². The first-order chi connectivity index (χ1) is 9.69. The van der Waals surface area contributed by atoms with Gasteiger partial charge in [-0.1, -0.05) is 34.6 Å². The summed E-state index contributed by atoms with van der Waals surface area (Å²) >= 11 is 0. The number of carboxylic acid groups (broad SMARTS) is 1. The van der Waals surface area contributed by atoms with E-state index in [4.69, 9.17) is 5.11 Å². The number of carbonyl (C=O) groups is 1. The number of carboxylic acids is 1. The van der Waals surface area contributed by atoms with Crippen molar-refractivity contribution in [2.75, 3.05) is 0 Å². The Bertz CT molecular complexity index is 663. The maximum absolute atomic E-state index is 11.1. The van der Waals surface area contributed by atoms with Crippen LogP contribution < -0.4 is 0 Å². The number of fused-ring (bicyclic) bond motifs is 1. The lowest BCUT2D eigenvalue weighted by Gasteiger charge is -2.20. The molecule has 4 heteroatoms. The van der Waals surface area contributed by atoms with Crippen LogP contribution in [0.25, 0.3) is 11.0 Å². The number of hydrogen-bond acceptors (Lipinski definition) is 2. The molecule has 0 fully saturated rings. The monoisotopic (exact) mass is 288 g/mol. The van der Waals surface area contributed by atoms with Crippen LogP contribution in [0.15, 0.2) is 18.2 Å². The van der Waals surface area contributed by atoms with Gasteiger partial charge in [-0.15, -0.1) is 0 Å². The van der Waals surface area contributed by atoms with E-state index < -0.39 is 5.97 Å². The van der Waals surface area contributed by atoms with Crippen LogP contribution in [0.3, 0.4) is 0 Å². The molecule has 0 aliphatic carbocycles. The van der Waals surface area contributed by atoms with Crippen LogP contribution in [0.2, 0.25) is 0 Å². The summed E-state index contributed by atoms with van der Waals surface area (Å²) in [5.74, 6) is 0.426. The van der Waals surface area contributed by atoms with Gasteiger partial charge in [0.25, 0.3) is 0 Å². The van der Waals surface area contributed by atoms with Crippen molar-refractivity contribution in [1.82, 2.24) is 9.55 Å². The topological polar surface area (TPSA) is 55.1 Å². The number of aryl methyl sites for hydroxylation is 1. The zero-order valence-electron chi connectivity index (χ0n) is 13.5. The Morgan fingerprint density at radius 3 is 2.52 bits per heavy atom. The molecule has 0 aliphatic heterocycles. The quantitative estimate of drug-likeness (QED) is 0.912. The molecule has 0 saturated heterocycles. The third kappa shape index (κ3) is 3.43. The summed E-state index contributed by atoms with van der Waals surface area (Å²) in [5.41, 5.74) is 2.34. The minimum Gasteiger partial charge on any atom is -0.478 e. The molecule has 0 radical (unpaired) electrons. The molecule has 1 N–H and O–H groups in total. The Labute approximate surface area is 125 Å². The number of nitrogens with zero attached hydrogens (tertiary/aromatic N) is 2. The van der Waals surface area contributed by atoms with Crippen LogP contribution >= 0.6 is 0 Å². The summed E-state index contributed by atoms with van der Waals surface area (Å²) in [7, 11) is 0. The fourth-order valence-electron chi connectivity index (χ4n) is 2.40. The molecule has 21 heavy (non-hydrogen) atoms. The van der Waals surface area contributed by atoms with E-state index >= 15 is 0 Å². The molecule has 4 nitrogen and oxygen atoms in total. The third-order valence-electron chi connectivity index (χ3n) is 3.63. The lowest BCUT2D eigenvalue weighted by molar-refractivity contribution is 0.0697. The molecule has 0 unspecified atom stereocenters. The van der Waals surface area contributed by atoms with Gasteiger partial charge in [0.1, 0.15) is 5.82 Å². The lowest BCUT2D eigenvalue weighted by atomic mass is 9.92. The Kier molecular flexibility index (Phi) is 4.08. The van der Waals surface area contributed by atoms with E-state index in [-0.39, 0.29) is 5.41 Å². The van der Waals surface area contributed by atoms with Gasteiger partial charge in [0, 0.05) is 12.5 Å². The maximum Gasteiger partial charge on any atom is 0.335 e. The van der Waals surface area contributed by atoms with E-state index in [9.17, 15) is 4.79 Å². The zero-order valence-corrected chi connectivity index (χ0v) is 13.5. The Hall–Kier alpha value is -1.84. The minimum atomic E-state index is -0.910. The second-order valence-corrected chi connectivity index (χ2v) is 7.10. The van der Waals surface area contributed by atoms with Gasteiger partial charge in [0.2, 0.25) is 0 Å². The number of aromatic carboxylic acids is 1. The van der Waals surface area contributed by atoms with E-state index in [2.05, 4.69) is 44.2 Å². The van der Waals surface area contributed by atoms with Crippen molar-refractivity contribution in [2.45, 2.75) is 53.5 Å². The molecule has 1 aromatic heterocycles. The van der Waals surface area contributed by atoms with Crippen LogP contribution in [0.5, 0.6) is 0 Å². The molecule has 1 aromatic carbocycles. The first-order valence-corrected chi connectivity index (χ1v) is 7.42. The number of hydrogen-bond donors (Lipinski definition) is 1. The Morgan fingerprint density at radius 2 is 2.00 bits per heavy atom. The standard InChI is InChI=1S/C17H24N2O2/c1-11(2)15-18-13-10-12(16(20)21)6-7-14(13)19(15)9-8-17(3,4)5/h6-7,10-11H,8-9H2,1-5H3,(H,20,21). The van der Waals surface area contributed by atoms with Crippen molar-refractivity contribution in [3.8, 4) is 0 Å². The highest BCUT2D eigenvalue weighted by molar-refractivity contribution is 5.92. The van der Waals surface area contributed by atoms with E-state index in [1.807, 2.05) is 6.07 Å². The lowest BCUT2D eigenvalue weighted by Crippen LogP contribution is -2.13. The molecule has 114 valence electrons. The fourth-order valence-corrected chi connectivity index (χ4v) is 2.40. The summed E-state index contributed by atoms with van der Waals surface area (Å²) in [6, 6.07) is 5.20. The first-order valence-electron chi connectivity index (χ1n) is 7.42. The fraction of sp³-hybridized carbons (Fsp3) is 0.529. The van der Waals surface area contributed by atoms with E-state index in [1.54, 1.807) is 12.1 Å². The molecule has 0 atom stereocenters. The molecular weight excluding hydrogens is 264 g/mol. The predicted octanol–water partition coefficient (Wildman–Crippen LogP) is 4.29. The molecule has 0 amide bonds. The molecule has 0 saturated carbocycles. The molecular formula is C17H24N2O2. The Morgan fingerprint density at radius 1 is 1.33 bits per heavy atom. The molecule has 2 aromatic rings. The number of benzene rings is 1. The van der Waals surface area contributed by atoms with E-state index in [1.165, 1.54) is 0 Å². The minimum absolute atomic E-state index is 0.256. The van der Waals surface area contributed by atoms with Gasteiger partial charge >= 0.3 is 5.97 Å². The zero-order chi connectivity index (χ0) is 15.8. The predicted molar refractivity (Wildman–Crippen MR) is 84.9 cm³/mol. The van der Waals surface area contributed by atoms with Crippen molar-refractivity contribution in [2.24, 2.45) is 5.41 Å². The molecule has 2 rings (SSSR count). The van der Waals surface area contributed by atoms with E-state index in [0.29, 0.717) is 11.5 Å². The van der Waals surface area contributed by atoms with Crippen molar-refractivity contribution in [3.05, 3.63) is 29.6 Å². The van der Waals surface area contributed by atoms with Gasteiger partial charge in [-0.3, -0.25) is 0 Å². The van der Waals surface area contributed by atoms with Crippen molar-refractivity contribution in [3.63, 3.8) is 0 Å². The highest BCUT2D eigenvalue weighted by atomic mass is 16.4. The van der Waals surface area contributed by atoms with Crippen molar-refractivity contribution in [1.29, 1.82) is 0 Å². The van der Waals surface area contributed by atoms with Gasteiger partial charge in [-0.2, -0.15) is 0 Å². The average Bonchev–Trinajstić information content (AvgIpc) is 2.73. The molecule has 0 aliphatic rings. The van der Waals surface area contributed by atoms with Gasteiger partial charge in [-0.05, 0) is 30.0 Å². The summed E-state index contributed by atoms with van der Waals surface area (Å²) < 4.78 is 2.23. The second-order valence-electron chi connectivity index (χ2n) is 7.10. The number of imidazole rings is 1. The summed E-state index contributed by atoms with van der Waals surface area (Å²) in [4.78, 5) is 15.7. The second kappa shape index (κ2) is 5.51. The third-order valence-corrected chi connectivity index (χ3v) is 3.63. The van der Waals surface area contributed by atoms with Crippen molar-refractivity contribution < 1.29 is 9.90 Å². The number of aromatic nitrogens is 2. The van der Waals surface area contributed by atoms with E-state index in [0.717, 1.165) is 29.8 Å². The summed E-state index contributed by atoms with van der Waals surface area (Å²) in [5, 5.41) is 9.11. The first kappa shape index (κ1) is 15.5. The van der Waals surface area contributed by atoms with Crippen LogP contribution in [0.4, 0.5) is 0 Å². The average molecular weight is 288 g/mol. The number of rotatable bonds is 4. The molecule has 0 spiro atoms. The highest BCUT2D eigenvalue weighted by Crippen LogP contribution is 2.26. The summed E-state index contributed by atoms with van der Waals surface area (Å²) in [6.07, 6.45) is 1.05. The van der Waals surface area contributed by atoms with Gasteiger partial charge in [-0.25, -0.2) is 9.78 Å². The maximum atomic E-state index is 11.1. The molecule has 0 bridgehead atoms. The van der Waals surface area contributed by atoms with Crippen LogP contribution in [0, 0.1) is 5.41 Å². The van der Waals surface area contributed by atoms with Crippen LogP contribution in [-0.2, 0) is 6.54 Å². The summed E-state index contributed by atoms with van der Waals surface area (Å²) in [6.45, 7) is 11.8. The smallest absolute Gasteiger partial charge is 0.335 e. The van der Waals surface area contributed by atoms with Crippen LogP contribution in [-0.4, -0.2) is 20.6 Å². The van der Waals surface area contributed by atoms with Gasteiger partial charge in [0.15, 0.2) is 0 Å². The largest absolute Gasteiger partial charge is 0.478 e. The Balaban J connectivity index is 2.50. The molecule has 1 heterocycles. The SMILES string of the molecule is CC(C)c1nc2cc(C(=O)O)ccc2n1CCC(C)(C)C. The highest BCUT2D eigenvalue weighted by Gasteiger charge is 2.17. The van der Waals surface area contributed by atoms with Crippen LogP contribution in [0.1, 0.15) is 63.1 Å². The van der Waals surface area contributed by atoms with Gasteiger partial charge < -0.3 is 9.67 Å².